The number of hydrogen-bond donors (Lipinski definition) is 2. The molecule has 4 heteroatoms. The maximum absolute atomic E-state index is 10.9. The van der Waals surface area contributed by atoms with Gasteiger partial charge >= 0.3 is 5.97 Å². The fourth-order valence-corrected chi connectivity index (χ4v) is 2.25. The highest BCUT2D eigenvalue weighted by Gasteiger charge is 2.42. The normalized spacial score (nSPS) is 17.8. The minimum absolute atomic E-state index is 0.198. The van der Waals surface area contributed by atoms with Gasteiger partial charge in [0.15, 0.2) is 0 Å². The standard InChI is InChI=1S/C13H18N2O2/c1-15(8-11-5-3-2-4-6-11)13(7-12(16)17)9-14-10-13/h2-6,14H,7-10H2,1H3,(H,16,17). The van der Waals surface area contributed by atoms with Gasteiger partial charge in [0.2, 0.25) is 0 Å². The van der Waals surface area contributed by atoms with Crippen LogP contribution in [0.25, 0.3) is 0 Å². The van der Waals surface area contributed by atoms with Crippen LogP contribution in [0.15, 0.2) is 30.3 Å². The van der Waals surface area contributed by atoms with Crippen LogP contribution in [0.2, 0.25) is 0 Å². The SMILES string of the molecule is CN(Cc1ccccc1)C1(CC(=O)O)CNC1. The lowest BCUT2D eigenvalue weighted by molar-refractivity contribution is -0.141. The molecule has 1 saturated heterocycles. The monoisotopic (exact) mass is 234 g/mol. The van der Waals surface area contributed by atoms with Gasteiger partial charge in [0.05, 0.1) is 12.0 Å². The van der Waals surface area contributed by atoms with Crippen molar-refractivity contribution in [2.45, 2.75) is 18.5 Å². The third-order valence-electron chi connectivity index (χ3n) is 3.46. The molecular weight excluding hydrogens is 216 g/mol. The minimum Gasteiger partial charge on any atom is -0.481 e. The van der Waals surface area contributed by atoms with E-state index >= 15 is 0 Å². The first kappa shape index (κ1) is 12.1. The molecule has 0 amide bonds. The van der Waals surface area contributed by atoms with E-state index in [1.807, 2.05) is 25.2 Å². The molecule has 1 aliphatic heterocycles. The molecule has 0 spiro atoms. The van der Waals surface area contributed by atoms with Crippen LogP contribution >= 0.6 is 0 Å². The molecule has 0 unspecified atom stereocenters. The average molecular weight is 234 g/mol. The van der Waals surface area contributed by atoms with E-state index in [4.69, 9.17) is 5.11 Å². The number of hydrogen-bond acceptors (Lipinski definition) is 3. The zero-order valence-electron chi connectivity index (χ0n) is 10.0. The van der Waals surface area contributed by atoms with Gasteiger partial charge in [0, 0.05) is 19.6 Å². The molecule has 2 rings (SSSR count). The number of nitrogens with zero attached hydrogens (tertiary/aromatic N) is 1. The van der Waals surface area contributed by atoms with Gasteiger partial charge in [0.25, 0.3) is 0 Å². The van der Waals surface area contributed by atoms with E-state index in [1.165, 1.54) is 5.56 Å². The molecular formula is C13H18N2O2. The zero-order chi connectivity index (χ0) is 12.3. The first-order valence-corrected chi connectivity index (χ1v) is 5.80. The second kappa shape index (κ2) is 4.85. The topological polar surface area (TPSA) is 52.6 Å². The van der Waals surface area contributed by atoms with Crippen molar-refractivity contribution in [1.82, 2.24) is 10.2 Å². The Morgan fingerprint density at radius 2 is 2.06 bits per heavy atom. The van der Waals surface area contributed by atoms with Crippen molar-refractivity contribution in [3.05, 3.63) is 35.9 Å². The summed E-state index contributed by atoms with van der Waals surface area (Å²) < 4.78 is 0. The van der Waals surface area contributed by atoms with Crippen molar-refractivity contribution in [1.29, 1.82) is 0 Å². The summed E-state index contributed by atoms with van der Waals surface area (Å²) in [7, 11) is 2.00. The van der Waals surface area contributed by atoms with Crippen LogP contribution in [0, 0.1) is 0 Å². The predicted molar refractivity (Wildman–Crippen MR) is 65.8 cm³/mol. The summed E-state index contributed by atoms with van der Waals surface area (Å²) >= 11 is 0. The number of likely N-dealkylation sites (N-methyl/N-ethyl adjacent to an activating group) is 1. The molecule has 17 heavy (non-hydrogen) atoms. The highest BCUT2D eigenvalue weighted by molar-refractivity contribution is 5.68. The minimum atomic E-state index is -0.730. The summed E-state index contributed by atoms with van der Waals surface area (Å²) in [5.41, 5.74) is 0.994. The molecule has 1 aliphatic rings. The Balaban J connectivity index is 2.03. The van der Waals surface area contributed by atoms with Gasteiger partial charge in [-0.05, 0) is 12.6 Å². The van der Waals surface area contributed by atoms with Gasteiger partial charge < -0.3 is 10.4 Å². The van der Waals surface area contributed by atoms with E-state index < -0.39 is 5.97 Å². The number of carboxylic acids is 1. The zero-order valence-corrected chi connectivity index (χ0v) is 10.0. The number of rotatable bonds is 5. The molecule has 0 aliphatic carbocycles. The molecule has 1 aromatic rings. The average Bonchev–Trinajstić information content (AvgIpc) is 2.24. The lowest BCUT2D eigenvalue weighted by Crippen LogP contribution is -2.68. The molecule has 0 aromatic heterocycles. The quantitative estimate of drug-likeness (QED) is 0.796. The predicted octanol–water partition coefficient (Wildman–Crippen LogP) is 0.935. The summed E-state index contributed by atoms with van der Waals surface area (Å²) in [6.07, 6.45) is 0.198. The van der Waals surface area contributed by atoms with Crippen LogP contribution < -0.4 is 5.32 Å². The van der Waals surface area contributed by atoms with E-state index in [9.17, 15) is 4.79 Å². The third kappa shape index (κ3) is 2.65. The molecule has 0 radical (unpaired) electrons. The molecule has 4 nitrogen and oxygen atoms in total. The van der Waals surface area contributed by atoms with Crippen LogP contribution in [-0.2, 0) is 11.3 Å². The summed E-state index contributed by atoms with van der Waals surface area (Å²) in [5.74, 6) is -0.730. The molecule has 0 saturated carbocycles. The Morgan fingerprint density at radius 1 is 1.41 bits per heavy atom. The molecule has 92 valence electrons. The van der Waals surface area contributed by atoms with E-state index in [0.29, 0.717) is 0 Å². The van der Waals surface area contributed by atoms with E-state index in [0.717, 1.165) is 19.6 Å². The van der Waals surface area contributed by atoms with Gasteiger partial charge in [0.1, 0.15) is 0 Å². The summed E-state index contributed by atoms with van der Waals surface area (Å²) in [4.78, 5) is 13.1. The van der Waals surface area contributed by atoms with Gasteiger partial charge in [-0.3, -0.25) is 9.69 Å². The first-order chi connectivity index (χ1) is 8.12. The van der Waals surface area contributed by atoms with Crippen molar-refractivity contribution in [2.75, 3.05) is 20.1 Å². The molecule has 1 aromatic carbocycles. The van der Waals surface area contributed by atoms with Gasteiger partial charge in [-0.15, -0.1) is 0 Å². The second-order valence-electron chi connectivity index (χ2n) is 4.74. The Hall–Kier alpha value is -1.39. The lowest BCUT2D eigenvalue weighted by atomic mass is 9.86. The number of carbonyl (C=O) groups is 1. The fraction of sp³-hybridized carbons (Fsp3) is 0.462. The Labute approximate surface area is 101 Å². The Morgan fingerprint density at radius 3 is 2.53 bits per heavy atom. The van der Waals surface area contributed by atoms with E-state index in [-0.39, 0.29) is 12.0 Å². The van der Waals surface area contributed by atoms with Crippen molar-refractivity contribution < 1.29 is 9.90 Å². The van der Waals surface area contributed by atoms with E-state index in [2.05, 4.69) is 22.3 Å². The molecule has 2 N–H and O–H groups in total. The number of nitrogens with one attached hydrogen (secondary N) is 1. The molecule has 1 heterocycles. The molecule has 1 fully saturated rings. The molecule has 0 bridgehead atoms. The maximum atomic E-state index is 10.9. The van der Waals surface area contributed by atoms with Crippen molar-refractivity contribution in [3.63, 3.8) is 0 Å². The van der Waals surface area contributed by atoms with Crippen LogP contribution in [0.4, 0.5) is 0 Å². The van der Waals surface area contributed by atoms with E-state index in [1.54, 1.807) is 0 Å². The number of aliphatic carboxylic acids is 1. The van der Waals surface area contributed by atoms with Crippen LogP contribution in [-0.4, -0.2) is 41.7 Å². The largest absolute Gasteiger partial charge is 0.481 e. The highest BCUT2D eigenvalue weighted by atomic mass is 16.4. The Bertz CT molecular complexity index is 388. The summed E-state index contributed by atoms with van der Waals surface area (Å²) in [5, 5.41) is 12.1. The maximum Gasteiger partial charge on any atom is 0.305 e. The smallest absolute Gasteiger partial charge is 0.305 e. The van der Waals surface area contributed by atoms with Gasteiger partial charge in [-0.1, -0.05) is 30.3 Å². The number of benzene rings is 1. The van der Waals surface area contributed by atoms with Gasteiger partial charge in [-0.2, -0.15) is 0 Å². The highest BCUT2D eigenvalue weighted by Crippen LogP contribution is 2.25. The fourth-order valence-electron chi connectivity index (χ4n) is 2.25. The summed E-state index contributed by atoms with van der Waals surface area (Å²) in [6, 6.07) is 10.1. The number of carboxylic acid groups (broad SMARTS) is 1. The second-order valence-corrected chi connectivity index (χ2v) is 4.74. The Kier molecular flexibility index (Phi) is 3.45. The summed E-state index contributed by atoms with van der Waals surface area (Å²) in [6.45, 7) is 2.29. The van der Waals surface area contributed by atoms with Gasteiger partial charge in [-0.25, -0.2) is 0 Å². The van der Waals surface area contributed by atoms with Crippen LogP contribution in [0.5, 0.6) is 0 Å². The molecule has 0 atom stereocenters. The van der Waals surface area contributed by atoms with Crippen molar-refractivity contribution in [3.8, 4) is 0 Å². The van der Waals surface area contributed by atoms with Crippen molar-refractivity contribution >= 4 is 5.97 Å². The van der Waals surface area contributed by atoms with Crippen molar-refractivity contribution in [2.24, 2.45) is 0 Å². The van der Waals surface area contributed by atoms with Crippen LogP contribution in [0.3, 0.4) is 0 Å². The van der Waals surface area contributed by atoms with Crippen LogP contribution in [0.1, 0.15) is 12.0 Å². The third-order valence-corrected chi connectivity index (χ3v) is 3.46. The lowest BCUT2D eigenvalue weighted by Gasteiger charge is -2.48. The first-order valence-electron chi connectivity index (χ1n) is 5.80.